The van der Waals surface area contributed by atoms with Crippen molar-refractivity contribution in [2.24, 2.45) is 11.8 Å². The van der Waals surface area contributed by atoms with Gasteiger partial charge < -0.3 is 9.73 Å². The van der Waals surface area contributed by atoms with Crippen molar-refractivity contribution in [1.29, 1.82) is 0 Å². The van der Waals surface area contributed by atoms with E-state index >= 15 is 0 Å². The predicted molar refractivity (Wildman–Crippen MR) is 61.8 cm³/mol. The molecule has 0 radical (unpaired) electrons. The van der Waals surface area contributed by atoms with Gasteiger partial charge in [0.1, 0.15) is 11.5 Å². The summed E-state index contributed by atoms with van der Waals surface area (Å²) in [5, 5.41) is 3.54. The van der Waals surface area contributed by atoms with Crippen LogP contribution in [-0.2, 0) is 0 Å². The Morgan fingerprint density at radius 3 is 2.67 bits per heavy atom. The molecule has 0 aromatic carbocycles. The van der Waals surface area contributed by atoms with E-state index in [0.29, 0.717) is 6.04 Å². The Hall–Kier alpha value is -0.760. The molecule has 2 nitrogen and oxygen atoms in total. The molecule has 84 valence electrons. The third kappa shape index (κ3) is 2.85. The van der Waals surface area contributed by atoms with Gasteiger partial charge in [-0.25, -0.2) is 0 Å². The molecule has 2 heteroatoms. The molecule has 2 unspecified atom stereocenters. The summed E-state index contributed by atoms with van der Waals surface area (Å²) in [6, 6.07) is 4.42. The summed E-state index contributed by atoms with van der Waals surface area (Å²) in [6.07, 6.45) is 2.86. The number of aryl methyl sites for hydroxylation is 1. The minimum Gasteiger partial charge on any atom is -0.465 e. The summed E-state index contributed by atoms with van der Waals surface area (Å²) >= 11 is 0. The van der Waals surface area contributed by atoms with Gasteiger partial charge in [-0.05, 0) is 57.2 Å². The molecule has 1 aromatic rings. The van der Waals surface area contributed by atoms with Crippen molar-refractivity contribution in [2.45, 2.75) is 39.7 Å². The van der Waals surface area contributed by atoms with Gasteiger partial charge in [-0.2, -0.15) is 0 Å². The van der Waals surface area contributed by atoms with Crippen molar-refractivity contribution >= 4 is 0 Å². The van der Waals surface area contributed by atoms with Gasteiger partial charge in [0.2, 0.25) is 0 Å². The topological polar surface area (TPSA) is 25.2 Å². The lowest BCUT2D eigenvalue weighted by atomic mass is 10.1. The van der Waals surface area contributed by atoms with Crippen LogP contribution in [0.2, 0.25) is 0 Å². The fourth-order valence-electron chi connectivity index (χ4n) is 1.98. The standard InChI is InChI=1S/C13H21NO/c1-9(12-5-6-12)8-14-11(3)13-7-4-10(2)15-13/h4,7,9,11-12,14H,5-6,8H2,1-3H3. The largest absolute Gasteiger partial charge is 0.465 e. The second-order valence-electron chi connectivity index (χ2n) is 4.89. The first-order valence-electron chi connectivity index (χ1n) is 5.96. The van der Waals surface area contributed by atoms with Crippen LogP contribution in [0, 0.1) is 18.8 Å². The van der Waals surface area contributed by atoms with Crippen LogP contribution >= 0.6 is 0 Å². The van der Waals surface area contributed by atoms with Crippen LogP contribution in [0.15, 0.2) is 16.5 Å². The van der Waals surface area contributed by atoms with E-state index in [2.05, 4.69) is 25.2 Å². The molecule has 1 aliphatic rings. The van der Waals surface area contributed by atoms with E-state index in [9.17, 15) is 0 Å². The number of hydrogen-bond acceptors (Lipinski definition) is 2. The zero-order valence-corrected chi connectivity index (χ0v) is 9.92. The molecule has 0 amide bonds. The van der Waals surface area contributed by atoms with Crippen molar-refractivity contribution in [1.82, 2.24) is 5.32 Å². The van der Waals surface area contributed by atoms with Gasteiger partial charge in [0, 0.05) is 0 Å². The molecule has 1 N–H and O–H groups in total. The third-order valence-electron chi connectivity index (χ3n) is 3.36. The van der Waals surface area contributed by atoms with Crippen molar-refractivity contribution in [2.75, 3.05) is 6.54 Å². The molecular formula is C13H21NO. The summed E-state index contributed by atoms with van der Waals surface area (Å²) in [5.41, 5.74) is 0. The molecule has 1 aliphatic carbocycles. The van der Waals surface area contributed by atoms with Crippen LogP contribution in [0.25, 0.3) is 0 Å². The maximum atomic E-state index is 5.59. The van der Waals surface area contributed by atoms with Crippen molar-refractivity contribution < 1.29 is 4.42 Å². The Kier molecular flexibility index (Phi) is 3.15. The summed E-state index contributed by atoms with van der Waals surface area (Å²) in [4.78, 5) is 0. The Balaban J connectivity index is 1.78. The average molecular weight is 207 g/mol. The van der Waals surface area contributed by atoms with Crippen molar-refractivity contribution in [3.63, 3.8) is 0 Å². The minimum absolute atomic E-state index is 0.333. The molecule has 1 heterocycles. The van der Waals surface area contributed by atoms with Gasteiger partial charge in [0.15, 0.2) is 0 Å². The van der Waals surface area contributed by atoms with Crippen LogP contribution in [0.4, 0.5) is 0 Å². The van der Waals surface area contributed by atoms with Crippen LogP contribution in [0.1, 0.15) is 44.3 Å². The van der Waals surface area contributed by atoms with E-state index in [1.165, 1.54) is 12.8 Å². The highest BCUT2D eigenvalue weighted by Crippen LogP contribution is 2.36. The maximum Gasteiger partial charge on any atom is 0.120 e. The fourth-order valence-corrected chi connectivity index (χ4v) is 1.98. The van der Waals surface area contributed by atoms with Gasteiger partial charge in [-0.1, -0.05) is 6.92 Å². The number of furan rings is 1. The number of nitrogens with one attached hydrogen (secondary N) is 1. The second kappa shape index (κ2) is 4.40. The first-order chi connectivity index (χ1) is 7.16. The second-order valence-corrected chi connectivity index (χ2v) is 4.89. The molecule has 2 rings (SSSR count). The molecule has 15 heavy (non-hydrogen) atoms. The van der Waals surface area contributed by atoms with Crippen LogP contribution in [-0.4, -0.2) is 6.54 Å². The molecule has 2 atom stereocenters. The lowest BCUT2D eigenvalue weighted by molar-refractivity contribution is 0.380. The summed E-state index contributed by atoms with van der Waals surface area (Å²) in [7, 11) is 0. The highest BCUT2D eigenvalue weighted by Gasteiger charge is 2.27. The number of hydrogen-bond donors (Lipinski definition) is 1. The molecular weight excluding hydrogens is 186 g/mol. The van der Waals surface area contributed by atoms with Gasteiger partial charge in [0.25, 0.3) is 0 Å². The van der Waals surface area contributed by atoms with E-state index in [4.69, 9.17) is 4.42 Å². The van der Waals surface area contributed by atoms with E-state index in [0.717, 1.165) is 29.9 Å². The van der Waals surface area contributed by atoms with E-state index in [1.54, 1.807) is 0 Å². The van der Waals surface area contributed by atoms with Gasteiger partial charge in [0.05, 0.1) is 6.04 Å². The minimum atomic E-state index is 0.333. The SMILES string of the molecule is Cc1ccc(C(C)NCC(C)C2CC2)o1. The molecule has 1 saturated carbocycles. The Labute approximate surface area is 92.1 Å². The van der Waals surface area contributed by atoms with Gasteiger partial charge >= 0.3 is 0 Å². The third-order valence-corrected chi connectivity index (χ3v) is 3.36. The number of rotatable bonds is 5. The Morgan fingerprint density at radius 1 is 1.40 bits per heavy atom. The van der Waals surface area contributed by atoms with E-state index in [1.807, 2.05) is 13.0 Å². The first kappa shape index (κ1) is 10.7. The molecule has 1 fully saturated rings. The van der Waals surface area contributed by atoms with Crippen molar-refractivity contribution in [3.05, 3.63) is 23.7 Å². The molecule has 0 bridgehead atoms. The van der Waals surface area contributed by atoms with Gasteiger partial charge in [-0.15, -0.1) is 0 Å². The average Bonchev–Trinajstić information content (AvgIpc) is 2.97. The van der Waals surface area contributed by atoms with E-state index in [-0.39, 0.29) is 0 Å². The molecule has 0 aliphatic heterocycles. The quantitative estimate of drug-likeness (QED) is 0.801. The monoisotopic (exact) mass is 207 g/mol. The zero-order chi connectivity index (χ0) is 10.8. The Morgan fingerprint density at radius 2 is 2.13 bits per heavy atom. The van der Waals surface area contributed by atoms with Crippen LogP contribution in [0.5, 0.6) is 0 Å². The van der Waals surface area contributed by atoms with Crippen molar-refractivity contribution in [3.8, 4) is 0 Å². The normalized spacial score (nSPS) is 20.2. The van der Waals surface area contributed by atoms with Crippen LogP contribution in [0.3, 0.4) is 0 Å². The van der Waals surface area contributed by atoms with E-state index < -0.39 is 0 Å². The highest BCUT2D eigenvalue weighted by atomic mass is 16.3. The lowest BCUT2D eigenvalue weighted by Gasteiger charge is -2.15. The fraction of sp³-hybridized carbons (Fsp3) is 0.692. The highest BCUT2D eigenvalue weighted by molar-refractivity contribution is 5.08. The molecule has 0 spiro atoms. The predicted octanol–water partition coefficient (Wildman–Crippen LogP) is 3.28. The molecule has 0 saturated heterocycles. The van der Waals surface area contributed by atoms with Gasteiger partial charge in [-0.3, -0.25) is 0 Å². The summed E-state index contributed by atoms with van der Waals surface area (Å²) in [5.74, 6) is 3.83. The Bertz CT molecular complexity index is 314. The maximum absolute atomic E-state index is 5.59. The first-order valence-corrected chi connectivity index (χ1v) is 5.96. The summed E-state index contributed by atoms with van der Waals surface area (Å²) < 4.78 is 5.59. The molecule has 1 aromatic heterocycles. The summed E-state index contributed by atoms with van der Waals surface area (Å²) in [6.45, 7) is 7.59. The lowest BCUT2D eigenvalue weighted by Crippen LogP contribution is -2.25. The smallest absolute Gasteiger partial charge is 0.120 e. The van der Waals surface area contributed by atoms with Crippen LogP contribution < -0.4 is 5.32 Å². The zero-order valence-electron chi connectivity index (χ0n) is 9.92.